The molecule has 0 saturated carbocycles. The van der Waals surface area contributed by atoms with Crippen LogP contribution in [0.4, 0.5) is 0 Å². The van der Waals surface area contributed by atoms with Gasteiger partial charge in [0.2, 0.25) is 11.8 Å². The number of nitrogens with zero attached hydrogens (tertiary/aromatic N) is 1. The van der Waals surface area contributed by atoms with Crippen molar-refractivity contribution in [2.45, 2.75) is 45.1 Å². The van der Waals surface area contributed by atoms with Gasteiger partial charge in [0.15, 0.2) is 0 Å². The van der Waals surface area contributed by atoms with E-state index in [0.29, 0.717) is 6.42 Å². The zero-order chi connectivity index (χ0) is 19.2. The van der Waals surface area contributed by atoms with Crippen LogP contribution in [0.3, 0.4) is 0 Å². The van der Waals surface area contributed by atoms with Gasteiger partial charge < -0.3 is 10.3 Å². The van der Waals surface area contributed by atoms with E-state index < -0.39 is 0 Å². The third kappa shape index (κ3) is 4.62. The Balaban J connectivity index is 1.75. The van der Waals surface area contributed by atoms with Gasteiger partial charge >= 0.3 is 0 Å². The van der Waals surface area contributed by atoms with Crippen LogP contribution in [0.5, 0.6) is 0 Å². The van der Waals surface area contributed by atoms with E-state index in [0.717, 1.165) is 46.9 Å². The minimum absolute atomic E-state index is 0.107. The van der Waals surface area contributed by atoms with Gasteiger partial charge in [-0.15, -0.1) is 0 Å². The third-order valence-electron chi connectivity index (χ3n) is 4.62. The summed E-state index contributed by atoms with van der Waals surface area (Å²) in [5.41, 5.74) is 3.48. The van der Waals surface area contributed by atoms with Gasteiger partial charge in [0, 0.05) is 18.7 Å². The summed E-state index contributed by atoms with van der Waals surface area (Å²) in [6.45, 7) is 1.50. The zero-order valence-corrected chi connectivity index (χ0v) is 15.3. The summed E-state index contributed by atoms with van der Waals surface area (Å²) in [6, 6.07) is 11.9. The molecular weight excluding hydrogens is 344 g/mol. The van der Waals surface area contributed by atoms with E-state index in [9.17, 15) is 9.59 Å². The largest absolute Gasteiger partial charge is 0.346 e. The van der Waals surface area contributed by atoms with E-state index in [1.807, 2.05) is 24.3 Å². The van der Waals surface area contributed by atoms with Gasteiger partial charge in [-0.3, -0.25) is 14.8 Å². The molecule has 0 aliphatic rings. The number of aromatic amines is 1. The molecule has 7 heteroatoms. The van der Waals surface area contributed by atoms with Crippen LogP contribution in [0.25, 0.3) is 21.8 Å². The molecule has 7 nitrogen and oxygen atoms in total. The number of hydroxylamine groups is 1. The molecule has 0 spiro atoms. The highest BCUT2D eigenvalue weighted by Crippen LogP contribution is 2.26. The Morgan fingerprint density at radius 2 is 1.96 bits per heavy atom. The highest BCUT2D eigenvalue weighted by molar-refractivity contribution is 6.04. The molecule has 0 radical (unpaired) electrons. The standard InChI is InChI=1S/C20H24N4O3/c1-13(25)21-17(9-3-2-4-10-18(26)24-27)20-22-16-12-11-14-7-5-6-8-15(14)19(16)23-20/h5-8,11-12,17,27H,2-4,9-10H2,1H3,(H,21,25)(H,22,23)(H,24,26)/t17-/m0/s1. The van der Waals surface area contributed by atoms with Crippen molar-refractivity contribution in [3.05, 3.63) is 42.2 Å². The van der Waals surface area contributed by atoms with E-state index >= 15 is 0 Å². The Kier molecular flexibility index (Phi) is 6.03. The average Bonchev–Trinajstić information content (AvgIpc) is 3.11. The molecule has 3 rings (SSSR count). The van der Waals surface area contributed by atoms with E-state index in [1.165, 1.54) is 6.92 Å². The van der Waals surface area contributed by atoms with Crippen LogP contribution in [-0.4, -0.2) is 27.0 Å². The Morgan fingerprint density at radius 3 is 2.74 bits per heavy atom. The summed E-state index contributed by atoms with van der Waals surface area (Å²) < 4.78 is 0. The molecule has 0 fully saturated rings. The summed E-state index contributed by atoms with van der Waals surface area (Å²) in [5, 5.41) is 13.7. The molecule has 0 aliphatic carbocycles. The minimum atomic E-state index is -0.377. The first-order valence-corrected chi connectivity index (χ1v) is 9.16. The number of benzene rings is 2. The maximum Gasteiger partial charge on any atom is 0.243 e. The fourth-order valence-corrected chi connectivity index (χ4v) is 3.32. The van der Waals surface area contributed by atoms with Crippen LogP contribution >= 0.6 is 0 Å². The second-order valence-electron chi connectivity index (χ2n) is 6.69. The van der Waals surface area contributed by atoms with Gasteiger partial charge in [0.05, 0.1) is 17.1 Å². The van der Waals surface area contributed by atoms with Crippen molar-refractivity contribution in [1.29, 1.82) is 0 Å². The molecule has 0 saturated heterocycles. The number of fused-ring (bicyclic) bond motifs is 3. The van der Waals surface area contributed by atoms with Crippen molar-refractivity contribution in [2.24, 2.45) is 0 Å². The van der Waals surface area contributed by atoms with Crippen molar-refractivity contribution >= 4 is 33.6 Å². The number of imidazole rings is 1. The number of hydrogen-bond acceptors (Lipinski definition) is 4. The Labute approximate surface area is 157 Å². The lowest BCUT2D eigenvalue weighted by Gasteiger charge is -2.15. The van der Waals surface area contributed by atoms with Crippen molar-refractivity contribution < 1.29 is 14.8 Å². The van der Waals surface area contributed by atoms with Crippen LogP contribution in [-0.2, 0) is 9.59 Å². The minimum Gasteiger partial charge on any atom is -0.346 e. The number of nitrogens with one attached hydrogen (secondary N) is 3. The number of amides is 2. The first kappa shape index (κ1) is 18.8. The predicted octanol–water partition coefficient (Wildman–Crippen LogP) is 3.35. The lowest BCUT2D eigenvalue weighted by atomic mass is 10.1. The van der Waals surface area contributed by atoms with E-state index in [4.69, 9.17) is 10.2 Å². The molecule has 0 unspecified atom stereocenters. The number of unbranched alkanes of at least 4 members (excludes halogenated alkanes) is 2. The Morgan fingerprint density at radius 1 is 1.15 bits per heavy atom. The van der Waals surface area contributed by atoms with Gasteiger partial charge in [-0.05, 0) is 24.3 Å². The number of H-pyrrole nitrogens is 1. The molecular formula is C20H24N4O3. The summed E-state index contributed by atoms with van der Waals surface area (Å²) in [5.74, 6) is 0.257. The number of rotatable bonds is 8. The van der Waals surface area contributed by atoms with Gasteiger partial charge in [-0.25, -0.2) is 10.5 Å². The van der Waals surface area contributed by atoms with Gasteiger partial charge in [0.25, 0.3) is 0 Å². The molecule has 27 heavy (non-hydrogen) atoms. The molecule has 2 aromatic carbocycles. The molecule has 2 amide bonds. The van der Waals surface area contributed by atoms with Crippen molar-refractivity contribution in [3.8, 4) is 0 Å². The van der Waals surface area contributed by atoms with Gasteiger partial charge in [0.1, 0.15) is 5.82 Å². The topological polar surface area (TPSA) is 107 Å². The number of carbonyl (C=O) groups excluding carboxylic acids is 2. The van der Waals surface area contributed by atoms with Crippen molar-refractivity contribution in [2.75, 3.05) is 0 Å². The highest BCUT2D eigenvalue weighted by atomic mass is 16.5. The van der Waals surface area contributed by atoms with Crippen molar-refractivity contribution in [3.63, 3.8) is 0 Å². The molecule has 3 aromatic rings. The fourth-order valence-electron chi connectivity index (χ4n) is 3.32. The zero-order valence-electron chi connectivity index (χ0n) is 15.3. The first-order chi connectivity index (χ1) is 13.1. The Bertz CT molecular complexity index is 951. The highest BCUT2D eigenvalue weighted by Gasteiger charge is 2.17. The molecule has 0 aliphatic heterocycles. The van der Waals surface area contributed by atoms with Crippen LogP contribution in [0.2, 0.25) is 0 Å². The summed E-state index contributed by atoms with van der Waals surface area (Å²) in [6.07, 6.45) is 3.36. The first-order valence-electron chi connectivity index (χ1n) is 9.16. The SMILES string of the molecule is CC(=O)N[C@@H](CCCCCC(=O)NO)c1nc2c(ccc3ccccc32)[nH]1. The van der Waals surface area contributed by atoms with Crippen LogP contribution in [0.1, 0.15) is 50.9 Å². The maximum atomic E-state index is 11.6. The monoisotopic (exact) mass is 368 g/mol. The quantitative estimate of drug-likeness (QED) is 0.278. The van der Waals surface area contributed by atoms with Crippen molar-refractivity contribution in [1.82, 2.24) is 20.8 Å². The van der Waals surface area contributed by atoms with Crippen LogP contribution in [0.15, 0.2) is 36.4 Å². The normalized spacial score (nSPS) is 12.2. The lowest BCUT2D eigenvalue weighted by Crippen LogP contribution is -2.27. The second-order valence-corrected chi connectivity index (χ2v) is 6.69. The van der Waals surface area contributed by atoms with E-state index in [-0.39, 0.29) is 24.3 Å². The maximum absolute atomic E-state index is 11.6. The molecule has 1 atom stereocenters. The molecule has 0 bridgehead atoms. The van der Waals surface area contributed by atoms with E-state index in [2.05, 4.69) is 22.4 Å². The van der Waals surface area contributed by atoms with E-state index in [1.54, 1.807) is 5.48 Å². The summed E-state index contributed by atoms with van der Waals surface area (Å²) >= 11 is 0. The number of carbonyl (C=O) groups is 2. The molecule has 1 heterocycles. The van der Waals surface area contributed by atoms with Crippen LogP contribution in [0, 0.1) is 0 Å². The summed E-state index contributed by atoms with van der Waals surface area (Å²) in [4.78, 5) is 30.8. The fraction of sp³-hybridized carbons (Fsp3) is 0.350. The molecule has 4 N–H and O–H groups in total. The average molecular weight is 368 g/mol. The second kappa shape index (κ2) is 8.64. The van der Waals surface area contributed by atoms with Gasteiger partial charge in [-0.2, -0.15) is 0 Å². The number of hydrogen-bond donors (Lipinski definition) is 4. The van der Waals surface area contributed by atoms with Gasteiger partial charge in [-0.1, -0.05) is 43.2 Å². The summed E-state index contributed by atoms with van der Waals surface area (Å²) in [7, 11) is 0. The lowest BCUT2D eigenvalue weighted by molar-refractivity contribution is -0.129. The number of aromatic nitrogens is 2. The third-order valence-corrected chi connectivity index (χ3v) is 4.62. The smallest absolute Gasteiger partial charge is 0.243 e. The molecule has 142 valence electrons. The predicted molar refractivity (Wildman–Crippen MR) is 103 cm³/mol. The Hall–Kier alpha value is -2.93. The molecule has 1 aromatic heterocycles. The van der Waals surface area contributed by atoms with Crippen LogP contribution < -0.4 is 10.8 Å².